The highest BCUT2D eigenvalue weighted by molar-refractivity contribution is 7.25. The molecule has 4 aliphatic carbocycles. The van der Waals surface area contributed by atoms with Gasteiger partial charge in [-0.25, -0.2) is 0 Å². The summed E-state index contributed by atoms with van der Waals surface area (Å²) >= 11 is 4.00. The van der Waals surface area contributed by atoms with Gasteiger partial charge in [0, 0.05) is 41.2 Å². The van der Waals surface area contributed by atoms with Crippen molar-refractivity contribution in [1.82, 2.24) is 0 Å². The van der Waals surface area contributed by atoms with E-state index >= 15 is 0 Å². The first-order valence-electron chi connectivity index (χ1n) is 37.5. The van der Waals surface area contributed by atoms with Crippen molar-refractivity contribution in [3.8, 4) is 97.4 Å². The van der Waals surface area contributed by atoms with Crippen molar-refractivity contribution < 1.29 is 0 Å². The topological polar surface area (TPSA) is 0 Å². The average Bonchev–Trinajstić information content (AvgIpc) is 1.52. The first kappa shape index (κ1) is 64.5. The molecule has 14 rings (SSSR count). The van der Waals surface area contributed by atoms with Crippen LogP contribution in [0.1, 0.15) is 254 Å². The van der Waals surface area contributed by atoms with Gasteiger partial charge in [-0.2, -0.15) is 0 Å². The van der Waals surface area contributed by atoms with Gasteiger partial charge in [0.25, 0.3) is 0 Å². The van der Waals surface area contributed by atoms with E-state index in [1.807, 2.05) is 22.7 Å². The minimum atomic E-state index is -0.0540. The highest BCUT2D eigenvalue weighted by atomic mass is 32.1. The van der Waals surface area contributed by atoms with Crippen LogP contribution in [-0.4, -0.2) is 0 Å². The Morgan fingerprint density at radius 2 is 0.436 bits per heavy atom. The molecule has 0 fully saturated rings. The molecule has 8 aromatic carbocycles. The van der Waals surface area contributed by atoms with E-state index in [2.05, 4.69) is 237 Å². The van der Waals surface area contributed by atoms with Gasteiger partial charge < -0.3 is 0 Å². The second-order valence-electron chi connectivity index (χ2n) is 29.1. The molecule has 0 radical (unpaired) electrons. The Morgan fingerprint density at radius 1 is 0.213 bits per heavy atom. The fourth-order valence-electron chi connectivity index (χ4n) is 18.9. The maximum Gasteiger partial charge on any atom is 0.0449 e. The second kappa shape index (κ2) is 27.3. The molecule has 0 amide bonds. The van der Waals surface area contributed by atoms with Gasteiger partial charge in [-0.1, -0.05) is 292 Å². The van der Waals surface area contributed by atoms with Crippen LogP contribution in [0.25, 0.3) is 97.4 Å². The molecule has 94 heavy (non-hydrogen) atoms. The average molecular weight is 1270 g/mol. The van der Waals surface area contributed by atoms with Crippen LogP contribution in [0.3, 0.4) is 0 Å². The summed E-state index contributed by atoms with van der Waals surface area (Å²) in [6.07, 6.45) is 29.0. The van der Waals surface area contributed by atoms with Crippen molar-refractivity contribution in [2.45, 2.75) is 231 Å². The number of thiophene rings is 2. The van der Waals surface area contributed by atoms with Crippen LogP contribution in [0.4, 0.5) is 0 Å². The van der Waals surface area contributed by atoms with Crippen molar-refractivity contribution in [3.05, 3.63) is 226 Å². The van der Waals surface area contributed by atoms with E-state index < -0.39 is 0 Å². The molecule has 0 nitrogen and oxygen atoms in total. The monoisotopic (exact) mass is 1270 g/mol. The fraction of sp³-hybridized carbons (Fsp3) is 0.391. The Kier molecular flexibility index (Phi) is 18.8. The predicted octanol–water partition coefficient (Wildman–Crippen LogP) is 28.7. The van der Waals surface area contributed by atoms with Gasteiger partial charge in [0.15, 0.2) is 0 Å². The summed E-state index contributed by atoms with van der Waals surface area (Å²) in [6, 6.07) is 73.1. The first-order valence-corrected chi connectivity index (χ1v) is 39.1. The molecule has 0 unspecified atom stereocenters. The molecule has 10 aromatic rings. The molecule has 0 spiro atoms. The largest absolute Gasteiger partial charge is 0.134 e. The Morgan fingerprint density at radius 3 is 0.691 bits per heavy atom. The van der Waals surface area contributed by atoms with E-state index in [1.165, 1.54) is 251 Å². The predicted molar refractivity (Wildman–Crippen MR) is 410 cm³/mol. The van der Waals surface area contributed by atoms with Crippen LogP contribution >= 0.6 is 22.7 Å². The van der Waals surface area contributed by atoms with Crippen molar-refractivity contribution in [1.29, 1.82) is 0 Å². The Labute approximate surface area is 573 Å². The minimum Gasteiger partial charge on any atom is -0.134 e. The van der Waals surface area contributed by atoms with Crippen molar-refractivity contribution >= 4 is 22.7 Å². The van der Waals surface area contributed by atoms with Crippen molar-refractivity contribution in [2.24, 2.45) is 0 Å². The molecule has 0 bridgehead atoms. The van der Waals surface area contributed by atoms with E-state index in [9.17, 15) is 0 Å². The van der Waals surface area contributed by atoms with Gasteiger partial charge in [0.2, 0.25) is 0 Å². The lowest BCUT2D eigenvalue weighted by Crippen LogP contribution is -2.33. The minimum absolute atomic E-state index is 0.0298. The Bertz CT molecular complexity index is 4020. The molecular formula is C92H102S2. The van der Waals surface area contributed by atoms with Crippen LogP contribution in [0.2, 0.25) is 0 Å². The summed E-state index contributed by atoms with van der Waals surface area (Å²) in [6.45, 7) is 19.3. The summed E-state index contributed by atoms with van der Waals surface area (Å²) in [5.74, 6) is 0. The number of fused-ring (bicyclic) bond motifs is 14. The highest BCUT2D eigenvalue weighted by Gasteiger charge is 2.54. The van der Waals surface area contributed by atoms with Crippen LogP contribution in [-0.2, 0) is 21.7 Å². The zero-order chi connectivity index (χ0) is 64.6. The highest BCUT2D eigenvalue weighted by Crippen LogP contribution is 2.67. The first-order chi connectivity index (χ1) is 46.2. The number of benzene rings is 8. The van der Waals surface area contributed by atoms with E-state index in [0.717, 1.165) is 0 Å². The van der Waals surface area contributed by atoms with E-state index in [1.54, 1.807) is 44.5 Å². The number of rotatable bonds is 29. The van der Waals surface area contributed by atoms with Crippen LogP contribution in [0.15, 0.2) is 182 Å². The molecule has 2 aromatic heterocycles. The maximum atomic E-state index is 2.71. The molecule has 2 heterocycles. The molecule has 0 atom stereocenters. The quantitative estimate of drug-likeness (QED) is 0.0438. The van der Waals surface area contributed by atoms with E-state index in [4.69, 9.17) is 0 Å². The van der Waals surface area contributed by atoms with Gasteiger partial charge in [0.1, 0.15) is 0 Å². The summed E-state index contributed by atoms with van der Waals surface area (Å²) in [5.41, 5.74) is 33.1. The molecule has 4 aliphatic rings. The molecule has 0 N–H and O–H groups in total. The molecular weight excluding hydrogens is 1170 g/mol. The van der Waals surface area contributed by atoms with Crippen LogP contribution in [0.5, 0.6) is 0 Å². The maximum absolute atomic E-state index is 2.71. The molecule has 0 saturated heterocycles. The molecule has 0 saturated carbocycles. The van der Waals surface area contributed by atoms with E-state index in [-0.39, 0.29) is 21.7 Å². The van der Waals surface area contributed by atoms with Gasteiger partial charge >= 0.3 is 0 Å². The molecule has 2 heteroatoms. The van der Waals surface area contributed by atoms with Crippen molar-refractivity contribution in [3.63, 3.8) is 0 Å². The standard InChI is InChI=1S/C92H102S2/c1-9-17-51-89(52-18-10-2)77-59-65(63-31-27-25-28-32-63)35-39-69(77)73-43-45-75-71-41-37-67(61-79(71)91(55-21-13-5,56-22-14-6)87(75)85(73)89)81-47-49-83(93-81)84-50-48-82(94-84)68-38-42-72-76-46-44-74-70-40-36-66(64-33-29-26-30-34-64)60-78(70)90(53-19-11-3,54-20-12-4)86(74)88(76)92(57-23-15-7,58-24-16-8)80(72)62-68/h25-50,59-62H,9-24,51-58H2,1-8H3. The van der Waals surface area contributed by atoms with Gasteiger partial charge in [-0.15, -0.1) is 22.7 Å². The van der Waals surface area contributed by atoms with Gasteiger partial charge in [0.05, 0.1) is 0 Å². The second-order valence-corrected chi connectivity index (χ2v) is 31.2. The lowest BCUT2D eigenvalue weighted by atomic mass is 9.63. The zero-order valence-electron chi connectivity index (χ0n) is 58.1. The Balaban J connectivity index is 0.841. The summed E-state index contributed by atoms with van der Waals surface area (Å²) in [7, 11) is 0. The molecule has 482 valence electrons. The van der Waals surface area contributed by atoms with Crippen molar-refractivity contribution in [2.75, 3.05) is 0 Å². The van der Waals surface area contributed by atoms with Gasteiger partial charge in [-0.05, 0) is 222 Å². The number of hydrogen-bond donors (Lipinski definition) is 0. The third kappa shape index (κ3) is 10.7. The molecule has 0 aliphatic heterocycles. The smallest absolute Gasteiger partial charge is 0.0449 e. The third-order valence-electron chi connectivity index (χ3n) is 23.5. The lowest BCUT2D eigenvalue weighted by molar-refractivity contribution is 0.381. The van der Waals surface area contributed by atoms with E-state index in [0.29, 0.717) is 0 Å². The Hall–Kier alpha value is -6.84. The van der Waals surface area contributed by atoms with Crippen LogP contribution < -0.4 is 0 Å². The van der Waals surface area contributed by atoms with Gasteiger partial charge in [-0.3, -0.25) is 0 Å². The fourth-order valence-corrected chi connectivity index (χ4v) is 21.0. The lowest BCUT2D eigenvalue weighted by Gasteiger charge is -2.40. The van der Waals surface area contributed by atoms with Crippen LogP contribution in [0, 0.1) is 0 Å². The zero-order valence-corrected chi connectivity index (χ0v) is 59.7. The normalized spacial score (nSPS) is 15.1. The summed E-state index contributed by atoms with van der Waals surface area (Å²) in [4.78, 5) is 5.49. The third-order valence-corrected chi connectivity index (χ3v) is 26.0. The SMILES string of the molecule is CCCCC1(CCCC)c2cc(-c3ccccc3)ccc2-c2ccc3c(c21)C(CCCC)(CCCC)c1cc(-c2ccc(-c4ccc(-c5ccc6c(c5)C(CCCC)(CCCC)c5c-6ccc6c5C(CCCC)(CCCC)c5cc(-c7ccccc7)ccc5-6)s4)s2)ccc1-3. The summed E-state index contributed by atoms with van der Waals surface area (Å²) < 4.78 is 0. The summed E-state index contributed by atoms with van der Waals surface area (Å²) in [5, 5.41) is 0. The number of hydrogen-bond acceptors (Lipinski definition) is 2. The number of unbranched alkanes of at least 4 members (excludes halogenated alkanes) is 8.